The van der Waals surface area contributed by atoms with Crippen molar-refractivity contribution in [2.24, 2.45) is 0 Å². The van der Waals surface area contributed by atoms with E-state index in [1.807, 2.05) is 0 Å². The standard InChI is InChI=1S/C14H12BrNO7S2/c1-25(21,22)16-8-4-2-7(3-5-8)12-10(15)11(23-6-9(17)18)13(24-12)14(19)20/h2-5,16H,6H2,1H3,(H,17,18)(H,19,20). The first-order valence-corrected chi connectivity index (χ1v) is 10.1. The van der Waals surface area contributed by atoms with Gasteiger partial charge in [-0.25, -0.2) is 18.0 Å². The number of rotatable bonds is 7. The molecule has 0 saturated carbocycles. The second kappa shape index (κ2) is 7.42. The number of aliphatic carboxylic acids is 1. The molecule has 1 heterocycles. The highest BCUT2D eigenvalue weighted by atomic mass is 79.9. The van der Waals surface area contributed by atoms with Crippen LogP contribution in [0.5, 0.6) is 5.75 Å². The minimum Gasteiger partial charge on any atom is -0.479 e. The molecule has 0 fully saturated rings. The molecule has 1 aromatic heterocycles. The number of halogens is 1. The zero-order chi connectivity index (χ0) is 18.8. The van der Waals surface area contributed by atoms with Gasteiger partial charge in [0.1, 0.15) is 0 Å². The van der Waals surface area contributed by atoms with E-state index in [1.54, 1.807) is 12.1 Å². The number of thiophene rings is 1. The molecule has 0 bridgehead atoms. The van der Waals surface area contributed by atoms with Crippen molar-refractivity contribution in [1.29, 1.82) is 0 Å². The topological polar surface area (TPSA) is 130 Å². The van der Waals surface area contributed by atoms with Crippen LogP contribution >= 0.6 is 27.3 Å². The molecule has 0 saturated heterocycles. The Bertz CT molecular complexity index is 919. The molecule has 0 amide bonds. The van der Waals surface area contributed by atoms with E-state index in [-0.39, 0.29) is 10.6 Å². The summed E-state index contributed by atoms with van der Waals surface area (Å²) in [7, 11) is -3.40. The largest absolute Gasteiger partial charge is 0.479 e. The van der Waals surface area contributed by atoms with Crippen molar-refractivity contribution < 1.29 is 33.0 Å². The van der Waals surface area contributed by atoms with Gasteiger partial charge < -0.3 is 14.9 Å². The van der Waals surface area contributed by atoms with Gasteiger partial charge in [0.25, 0.3) is 0 Å². The third-order valence-electron chi connectivity index (χ3n) is 2.79. The summed E-state index contributed by atoms with van der Waals surface area (Å²) in [6.45, 7) is -0.674. The van der Waals surface area contributed by atoms with E-state index in [0.29, 0.717) is 20.6 Å². The number of carboxylic acid groups (broad SMARTS) is 2. The van der Waals surface area contributed by atoms with Crippen LogP contribution in [-0.2, 0) is 14.8 Å². The van der Waals surface area contributed by atoms with Gasteiger partial charge in [-0.05, 0) is 33.6 Å². The third-order valence-corrected chi connectivity index (χ3v) is 5.63. The quantitative estimate of drug-likeness (QED) is 0.591. The third kappa shape index (κ3) is 4.94. The molecule has 11 heteroatoms. The van der Waals surface area contributed by atoms with Crippen molar-refractivity contribution in [2.45, 2.75) is 0 Å². The summed E-state index contributed by atoms with van der Waals surface area (Å²) in [4.78, 5) is 22.4. The van der Waals surface area contributed by atoms with Gasteiger partial charge >= 0.3 is 11.9 Å². The van der Waals surface area contributed by atoms with Gasteiger partial charge in [-0.1, -0.05) is 12.1 Å². The Labute approximate surface area is 155 Å². The van der Waals surface area contributed by atoms with Crippen LogP contribution in [0.1, 0.15) is 9.67 Å². The fraction of sp³-hybridized carbons (Fsp3) is 0.143. The highest BCUT2D eigenvalue weighted by molar-refractivity contribution is 9.10. The number of hydrogen-bond acceptors (Lipinski definition) is 6. The van der Waals surface area contributed by atoms with E-state index in [2.05, 4.69) is 20.7 Å². The molecule has 134 valence electrons. The van der Waals surface area contributed by atoms with E-state index in [4.69, 9.17) is 9.84 Å². The van der Waals surface area contributed by atoms with Gasteiger partial charge in [-0.2, -0.15) is 0 Å². The highest BCUT2D eigenvalue weighted by Gasteiger charge is 2.24. The normalized spacial score (nSPS) is 11.1. The van der Waals surface area contributed by atoms with E-state index < -0.39 is 28.6 Å². The van der Waals surface area contributed by atoms with Gasteiger partial charge in [0.05, 0.1) is 15.6 Å². The van der Waals surface area contributed by atoms with Crippen LogP contribution in [0, 0.1) is 0 Å². The molecule has 2 rings (SSSR count). The lowest BCUT2D eigenvalue weighted by Gasteiger charge is -2.05. The van der Waals surface area contributed by atoms with Crippen molar-refractivity contribution in [3.8, 4) is 16.2 Å². The Kier molecular flexibility index (Phi) is 5.70. The summed E-state index contributed by atoms with van der Waals surface area (Å²) in [5, 5.41) is 18.0. The molecule has 3 N–H and O–H groups in total. The van der Waals surface area contributed by atoms with Crippen molar-refractivity contribution in [3.05, 3.63) is 33.6 Å². The van der Waals surface area contributed by atoms with Gasteiger partial charge in [0.15, 0.2) is 17.2 Å². The Hall–Kier alpha value is -2.11. The minimum absolute atomic E-state index is 0.0618. The number of ether oxygens (including phenoxy) is 1. The summed E-state index contributed by atoms with van der Waals surface area (Å²) in [6, 6.07) is 6.27. The van der Waals surface area contributed by atoms with Gasteiger partial charge in [-0.15, -0.1) is 11.3 Å². The molecule has 0 radical (unpaired) electrons. The number of carbonyl (C=O) groups is 2. The van der Waals surface area contributed by atoms with Crippen LogP contribution in [0.2, 0.25) is 0 Å². The van der Waals surface area contributed by atoms with Crippen molar-refractivity contribution in [2.75, 3.05) is 17.6 Å². The molecule has 0 spiro atoms. The fourth-order valence-corrected chi connectivity index (χ4v) is 4.35. The number of hydrogen-bond donors (Lipinski definition) is 3. The first-order chi connectivity index (χ1) is 11.6. The highest BCUT2D eigenvalue weighted by Crippen LogP contribution is 2.45. The number of benzene rings is 1. The van der Waals surface area contributed by atoms with Crippen LogP contribution in [0.4, 0.5) is 5.69 Å². The molecule has 0 unspecified atom stereocenters. The van der Waals surface area contributed by atoms with Crippen molar-refractivity contribution in [1.82, 2.24) is 0 Å². The van der Waals surface area contributed by atoms with Crippen LogP contribution in [-0.4, -0.2) is 43.4 Å². The smallest absolute Gasteiger partial charge is 0.349 e. The zero-order valence-corrected chi connectivity index (χ0v) is 15.9. The zero-order valence-electron chi connectivity index (χ0n) is 12.6. The van der Waals surface area contributed by atoms with Gasteiger partial charge in [0.2, 0.25) is 10.0 Å². The fourth-order valence-electron chi connectivity index (χ4n) is 1.89. The molecule has 8 nitrogen and oxygen atoms in total. The Morgan fingerprint density at radius 2 is 1.84 bits per heavy atom. The molecule has 1 aromatic carbocycles. The lowest BCUT2D eigenvalue weighted by Crippen LogP contribution is -2.11. The van der Waals surface area contributed by atoms with Gasteiger partial charge in [0, 0.05) is 5.69 Å². The van der Waals surface area contributed by atoms with E-state index >= 15 is 0 Å². The molecule has 0 aliphatic heterocycles. The summed E-state index contributed by atoms with van der Waals surface area (Å²) in [5.74, 6) is -2.53. The number of nitrogens with one attached hydrogen (secondary N) is 1. The first kappa shape index (κ1) is 19.2. The van der Waals surface area contributed by atoms with E-state index in [9.17, 15) is 23.1 Å². The number of anilines is 1. The van der Waals surface area contributed by atoms with E-state index in [1.165, 1.54) is 12.1 Å². The maximum atomic E-state index is 11.4. The lowest BCUT2D eigenvalue weighted by atomic mass is 10.2. The predicted molar refractivity (Wildman–Crippen MR) is 96.0 cm³/mol. The summed E-state index contributed by atoms with van der Waals surface area (Å²) < 4.78 is 30.1. The number of sulfonamides is 1. The van der Waals surface area contributed by atoms with Crippen LogP contribution in [0.25, 0.3) is 10.4 Å². The average Bonchev–Trinajstić information content (AvgIpc) is 2.81. The average molecular weight is 450 g/mol. The van der Waals surface area contributed by atoms with Crippen molar-refractivity contribution in [3.63, 3.8) is 0 Å². The summed E-state index contributed by atoms with van der Waals surface area (Å²) in [5.41, 5.74) is 0.975. The lowest BCUT2D eigenvalue weighted by molar-refractivity contribution is -0.139. The Balaban J connectivity index is 2.40. The summed E-state index contributed by atoms with van der Waals surface area (Å²) >= 11 is 4.16. The molecule has 0 atom stereocenters. The molecule has 25 heavy (non-hydrogen) atoms. The molecule has 0 aliphatic rings. The predicted octanol–water partition coefficient (Wildman–Crippen LogP) is 2.71. The van der Waals surface area contributed by atoms with Crippen LogP contribution in [0.15, 0.2) is 28.7 Å². The monoisotopic (exact) mass is 449 g/mol. The van der Waals surface area contributed by atoms with Crippen LogP contribution in [0.3, 0.4) is 0 Å². The SMILES string of the molecule is CS(=O)(=O)Nc1ccc(-c2sc(C(=O)O)c(OCC(=O)O)c2Br)cc1. The molecular weight excluding hydrogens is 438 g/mol. The molecule has 2 aromatic rings. The second-order valence-corrected chi connectivity index (χ2v) is 8.40. The van der Waals surface area contributed by atoms with Gasteiger partial charge in [-0.3, -0.25) is 4.72 Å². The maximum absolute atomic E-state index is 11.4. The Morgan fingerprint density at radius 3 is 2.32 bits per heavy atom. The minimum atomic E-state index is -3.40. The number of aromatic carboxylic acids is 1. The molecular formula is C14H12BrNO7S2. The van der Waals surface area contributed by atoms with Crippen LogP contribution < -0.4 is 9.46 Å². The number of carboxylic acids is 2. The Morgan fingerprint density at radius 1 is 1.24 bits per heavy atom. The van der Waals surface area contributed by atoms with E-state index in [0.717, 1.165) is 17.6 Å². The second-order valence-electron chi connectivity index (χ2n) is 4.84. The first-order valence-electron chi connectivity index (χ1n) is 6.57. The molecule has 0 aliphatic carbocycles. The maximum Gasteiger partial charge on any atom is 0.349 e. The van der Waals surface area contributed by atoms with Crippen molar-refractivity contribution >= 4 is 54.9 Å². The summed E-state index contributed by atoms with van der Waals surface area (Å²) in [6.07, 6.45) is 1.03.